The quantitative estimate of drug-likeness (QED) is 0.820. The first-order valence-electron chi connectivity index (χ1n) is 6.20. The summed E-state index contributed by atoms with van der Waals surface area (Å²) in [5.41, 5.74) is 0.947. The van der Waals surface area contributed by atoms with Crippen LogP contribution in [0.5, 0.6) is 11.5 Å². The Morgan fingerprint density at radius 1 is 1.23 bits per heavy atom. The molecule has 4 nitrogen and oxygen atoms in total. The van der Waals surface area contributed by atoms with Gasteiger partial charge in [0.25, 0.3) is 0 Å². The number of carbonyl (C=O) groups excluding carboxylic acids is 1. The Kier molecular flexibility index (Phi) is 6.21. The van der Waals surface area contributed by atoms with Crippen LogP contribution in [0.1, 0.15) is 11.1 Å². The number of nitrogens with one attached hydrogen (secondary N) is 1. The number of rotatable bonds is 6. The minimum atomic E-state index is -4.92. The van der Waals surface area contributed by atoms with Gasteiger partial charge in [-0.15, -0.1) is 0 Å². The topological polar surface area (TPSA) is 47.6 Å². The molecule has 0 unspecified atom stereocenters. The third kappa shape index (κ3) is 4.64. The van der Waals surface area contributed by atoms with Crippen LogP contribution in [0.2, 0.25) is 0 Å². The van der Waals surface area contributed by atoms with Gasteiger partial charge in [-0.1, -0.05) is 0 Å². The lowest BCUT2D eigenvalue weighted by Crippen LogP contribution is -2.37. The predicted octanol–water partition coefficient (Wildman–Crippen LogP) is 2.87. The molecule has 0 fully saturated rings. The molecule has 0 bridgehead atoms. The van der Waals surface area contributed by atoms with Gasteiger partial charge < -0.3 is 14.8 Å². The van der Waals surface area contributed by atoms with E-state index in [1.165, 1.54) is 26.4 Å². The number of benzene rings is 1. The van der Waals surface area contributed by atoms with Crippen molar-refractivity contribution >= 4 is 12.0 Å². The summed E-state index contributed by atoms with van der Waals surface area (Å²) in [6, 6.07) is 3.02. The van der Waals surface area contributed by atoms with Crippen molar-refractivity contribution in [2.75, 3.05) is 20.8 Å². The summed E-state index contributed by atoms with van der Waals surface area (Å²) in [4.78, 5) is 10.7. The van der Waals surface area contributed by atoms with Crippen LogP contribution in [0, 0.1) is 0 Å². The average Bonchev–Trinajstić information content (AvgIpc) is 2.47. The molecule has 1 N–H and O–H groups in total. The van der Waals surface area contributed by atoms with Crippen LogP contribution in [0.15, 0.2) is 18.5 Å². The van der Waals surface area contributed by atoms with Crippen molar-refractivity contribution in [3.63, 3.8) is 0 Å². The van der Waals surface area contributed by atoms with Gasteiger partial charge in [0.15, 0.2) is 0 Å². The Morgan fingerprint density at radius 2 is 1.86 bits per heavy atom. The van der Waals surface area contributed by atoms with Crippen molar-refractivity contribution in [1.82, 2.24) is 5.32 Å². The molecule has 0 spiro atoms. The fraction of sp³-hybridized carbons (Fsp3) is 0.357. The van der Waals surface area contributed by atoms with Gasteiger partial charge in [0.2, 0.25) is 0 Å². The van der Waals surface area contributed by atoms with Gasteiger partial charge >= 0.3 is 12.1 Å². The molecule has 0 saturated carbocycles. The molecule has 0 aliphatic rings. The maximum absolute atomic E-state index is 12.3. The number of alkyl halides is 3. The normalized spacial score (nSPS) is 11.5. The van der Waals surface area contributed by atoms with E-state index in [0.29, 0.717) is 29.0 Å². The highest BCUT2D eigenvalue weighted by Gasteiger charge is 2.38. The lowest BCUT2D eigenvalue weighted by atomic mass is 10.1. The second-order valence-electron chi connectivity index (χ2n) is 4.20. The molecular weight excluding hydrogens is 306 g/mol. The highest BCUT2D eigenvalue weighted by molar-refractivity contribution is 5.81. The average molecular weight is 321 g/mol. The van der Waals surface area contributed by atoms with Crippen LogP contribution < -0.4 is 14.8 Å². The number of methoxy groups -OCH3 is 2. The first-order chi connectivity index (χ1) is 10.3. The van der Waals surface area contributed by atoms with Gasteiger partial charge in [-0.25, -0.2) is 4.39 Å². The van der Waals surface area contributed by atoms with Gasteiger partial charge in [-0.2, -0.15) is 13.2 Å². The van der Waals surface area contributed by atoms with E-state index in [1.807, 2.05) is 0 Å². The van der Waals surface area contributed by atoms with Crippen LogP contribution in [0.25, 0.3) is 6.08 Å². The zero-order valence-electron chi connectivity index (χ0n) is 12.0. The lowest BCUT2D eigenvalue weighted by molar-refractivity contribution is -0.173. The summed E-state index contributed by atoms with van der Waals surface area (Å²) in [7, 11) is 2.76. The smallest absolute Gasteiger partial charge is 0.471 e. The molecule has 0 heterocycles. The molecule has 122 valence electrons. The van der Waals surface area contributed by atoms with E-state index in [4.69, 9.17) is 9.47 Å². The third-order valence-electron chi connectivity index (χ3n) is 2.81. The molecule has 1 aromatic carbocycles. The lowest BCUT2D eigenvalue weighted by Gasteiger charge is -2.14. The maximum atomic E-state index is 12.3. The summed E-state index contributed by atoms with van der Waals surface area (Å²) < 4.78 is 58.7. The van der Waals surface area contributed by atoms with Crippen LogP contribution in [-0.4, -0.2) is 32.8 Å². The SMILES string of the molecule is COc1cc(CCNC(=O)C(F)(F)F)c(OC)cc1/C=C\F. The molecule has 1 amide bonds. The molecule has 1 rings (SSSR count). The number of halogens is 4. The Labute approximate surface area is 124 Å². The van der Waals surface area contributed by atoms with Crippen molar-refractivity contribution in [2.24, 2.45) is 0 Å². The van der Waals surface area contributed by atoms with Crippen LogP contribution >= 0.6 is 0 Å². The van der Waals surface area contributed by atoms with E-state index >= 15 is 0 Å². The highest BCUT2D eigenvalue weighted by Crippen LogP contribution is 2.30. The minimum Gasteiger partial charge on any atom is -0.496 e. The Morgan fingerprint density at radius 3 is 2.36 bits per heavy atom. The molecule has 0 saturated heterocycles. The third-order valence-corrected chi connectivity index (χ3v) is 2.81. The highest BCUT2D eigenvalue weighted by atomic mass is 19.4. The monoisotopic (exact) mass is 321 g/mol. The van der Waals surface area contributed by atoms with Crippen LogP contribution in [0.3, 0.4) is 0 Å². The number of hydrogen-bond acceptors (Lipinski definition) is 3. The van der Waals surface area contributed by atoms with Crippen molar-refractivity contribution < 1.29 is 31.8 Å². The Balaban J connectivity index is 2.88. The predicted molar refractivity (Wildman–Crippen MR) is 72.5 cm³/mol. The number of carbonyl (C=O) groups is 1. The van der Waals surface area contributed by atoms with E-state index < -0.39 is 12.1 Å². The Bertz CT molecular complexity index is 556. The second kappa shape index (κ2) is 7.67. The Hall–Kier alpha value is -2.25. The summed E-state index contributed by atoms with van der Waals surface area (Å²) >= 11 is 0. The molecule has 0 aliphatic heterocycles. The van der Waals surface area contributed by atoms with Crippen molar-refractivity contribution in [3.05, 3.63) is 29.6 Å². The van der Waals surface area contributed by atoms with Crippen molar-refractivity contribution in [1.29, 1.82) is 0 Å². The van der Waals surface area contributed by atoms with E-state index in [0.717, 1.165) is 6.08 Å². The van der Waals surface area contributed by atoms with Gasteiger partial charge in [0, 0.05) is 12.1 Å². The van der Waals surface area contributed by atoms with Crippen LogP contribution in [-0.2, 0) is 11.2 Å². The van der Waals surface area contributed by atoms with Crippen molar-refractivity contribution in [3.8, 4) is 11.5 Å². The number of hydrogen-bond donors (Lipinski definition) is 1. The fourth-order valence-electron chi connectivity index (χ4n) is 1.79. The van der Waals surface area contributed by atoms with Crippen LogP contribution in [0.4, 0.5) is 17.6 Å². The molecule has 0 aliphatic carbocycles. The maximum Gasteiger partial charge on any atom is 0.471 e. The standard InChI is InChI=1S/C14H15F4NO3/c1-21-11-8-10(4-6-19-13(20)14(16,17)18)12(22-2)7-9(11)3-5-15/h3,5,7-8H,4,6H2,1-2H3,(H,19,20)/b5-3-. The molecule has 0 atom stereocenters. The van der Waals surface area contributed by atoms with Gasteiger partial charge in [-0.3, -0.25) is 4.79 Å². The first kappa shape index (κ1) is 17.8. The summed E-state index contributed by atoms with van der Waals surface area (Å²) in [5.74, 6) is -1.31. The molecular formula is C14H15F4NO3. The number of ether oxygens (including phenoxy) is 2. The van der Waals surface area contributed by atoms with Gasteiger partial charge in [0.1, 0.15) is 11.5 Å². The summed E-state index contributed by atoms with van der Waals surface area (Å²) in [6.07, 6.45) is -3.32. The van der Waals surface area contributed by atoms with E-state index in [9.17, 15) is 22.4 Å². The van der Waals surface area contributed by atoms with E-state index in [1.54, 1.807) is 5.32 Å². The molecule has 8 heteroatoms. The first-order valence-corrected chi connectivity index (χ1v) is 6.20. The summed E-state index contributed by atoms with van der Waals surface area (Å²) in [6.45, 7) is -0.226. The largest absolute Gasteiger partial charge is 0.496 e. The molecule has 0 radical (unpaired) electrons. The van der Waals surface area contributed by atoms with Gasteiger partial charge in [-0.05, 0) is 30.2 Å². The second-order valence-corrected chi connectivity index (χ2v) is 4.20. The molecule has 22 heavy (non-hydrogen) atoms. The fourth-order valence-corrected chi connectivity index (χ4v) is 1.79. The minimum absolute atomic E-state index is 0.0982. The molecule has 1 aromatic rings. The zero-order chi connectivity index (χ0) is 16.8. The zero-order valence-corrected chi connectivity index (χ0v) is 12.0. The van der Waals surface area contributed by atoms with E-state index in [2.05, 4.69) is 0 Å². The summed E-state index contributed by atoms with van der Waals surface area (Å²) in [5, 5.41) is 1.77. The van der Waals surface area contributed by atoms with E-state index in [-0.39, 0.29) is 13.0 Å². The van der Waals surface area contributed by atoms with Gasteiger partial charge in [0.05, 0.1) is 20.5 Å². The number of amides is 1. The van der Waals surface area contributed by atoms with Crippen molar-refractivity contribution in [2.45, 2.75) is 12.6 Å². The molecule has 0 aromatic heterocycles.